The molecule has 0 saturated carbocycles. The van der Waals surface area contributed by atoms with Gasteiger partial charge in [0.2, 0.25) is 0 Å². The molecule has 1 heterocycles. The Hall–Kier alpha value is -0.840. The second-order valence-corrected chi connectivity index (χ2v) is 7.24. The zero-order chi connectivity index (χ0) is 14.7. The van der Waals surface area contributed by atoms with Gasteiger partial charge in [-0.05, 0) is 56.2 Å². The van der Waals surface area contributed by atoms with Gasteiger partial charge in [-0.3, -0.25) is 0 Å². The highest BCUT2D eigenvalue weighted by Gasteiger charge is 2.11. The summed E-state index contributed by atoms with van der Waals surface area (Å²) < 4.78 is 6.38. The van der Waals surface area contributed by atoms with Crippen LogP contribution in [0.4, 0.5) is 0 Å². The van der Waals surface area contributed by atoms with E-state index in [1.165, 1.54) is 20.9 Å². The summed E-state index contributed by atoms with van der Waals surface area (Å²) in [5, 5.41) is 3.58. The monoisotopic (exact) mass is 353 g/mol. The van der Waals surface area contributed by atoms with Crippen LogP contribution in [0.25, 0.3) is 0 Å². The topological polar surface area (TPSA) is 21.3 Å². The van der Waals surface area contributed by atoms with Gasteiger partial charge in [-0.25, -0.2) is 0 Å². The molecule has 0 aliphatic heterocycles. The number of aryl methyl sites for hydroxylation is 2. The maximum atomic E-state index is 5.28. The summed E-state index contributed by atoms with van der Waals surface area (Å²) in [5.74, 6) is 0.889. The number of methoxy groups -OCH3 is 1. The predicted molar refractivity (Wildman–Crippen MR) is 89.7 cm³/mol. The summed E-state index contributed by atoms with van der Waals surface area (Å²) in [5.41, 5.74) is 2.60. The number of rotatable bonds is 5. The SMILES string of the molecule is COc1ccc(Br)c(CNC(C)c2cc(C)sc2C)c1. The third-order valence-corrected chi connectivity index (χ3v) is 5.15. The molecule has 0 aliphatic carbocycles. The molecule has 0 saturated heterocycles. The second kappa shape index (κ2) is 6.74. The molecule has 1 aromatic heterocycles. The van der Waals surface area contributed by atoms with Gasteiger partial charge in [0, 0.05) is 26.8 Å². The van der Waals surface area contributed by atoms with E-state index < -0.39 is 0 Å². The molecule has 0 bridgehead atoms. The standard InChI is InChI=1S/C16H20BrNOS/c1-10-7-15(12(3)20-10)11(2)18-9-13-8-14(19-4)5-6-16(13)17/h5-8,11,18H,9H2,1-4H3. The first-order chi connectivity index (χ1) is 9.51. The van der Waals surface area contributed by atoms with Gasteiger partial charge in [0.05, 0.1) is 7.11 Å². The first-order valence-electron chi connectivity index (χ1n) is 6.64. The number of benzene rings is 1. The molecule has 4 heteroatoms. The predicted octanol–water partition coefficient (Wildman–Crippen LogP) is 4.99. The highest BCUT2D eigenvalue weighted by molar-refractivity contribution is 9.10. The second-order valence-electron chi connectivity index (χ2n) is 4.93. The maximum absolute atomic E-state index is 5.28. The summed E-state index contributed by atoms with van der Waals surface area (Å²) in [6, 6.07) is 8.68. The fourth-order valence-corrected chi connectivity index (χ4v) is 3.68. The molecule has 1 atom stereocenters. The quantitative estimate of drug-likeness (QED) is 0.817. The molecule has 0 amide bonds. The smallest absolute Gasteiger partial charge is 0.119 e. The Balaban J connectivity index is 2.06. The average molecular weight is 354 g/mol. The number of thiophene rings is 1. The van der Waals surface area contributed by atoms with Gasteiger partial charge >= 0.3 is 0 Å². The van der Waals surface area contributed by atoms with Crippen molar-refractivity contribution in [1.82, 2.24) is 5.32 Å². The van der Waals surface area contributed by atoms with Crippen LogP contribution in [0.1, 0.15) is 33.8 Å². The van der Waals surface area contributed by atoms with E-state index in [9.17, 15) is 0 Å². The third kappa shape index (κ3) is 3.62. The van der Waals surface area contributed by atoms with Crippen molar-refractivity contribution in [3.05, 3.63) is 49.6 Å². The normalized spacial score (nSPS) is 12.4. The number of hydrogen-bond acceptors (Lipinski definition) is 3. The van der Waals surface area contributed by atoms with Gasteiger partial charge in [-0.1, -0.05) is 15.9 Å². The van der Waals surface area contributed by atoms with E-state index in [1.807, 2.05) is 23.5 Å². The van der Waals surface area contributed by atoms with Crippen molar-refractivity contribution < 1.29 is 4.74 Å². The average Bonchev–Trinajstić information content (AvgIpc) is 2.76. The van der Waals surface area contributed by atoms with Crippen LogP contribution in [0.5, 0.6) is 5.75 Å². The first kappa shape index (κ1) is 15.5. The van der Waals surface area contributed by atoms with E-state index in [0.29, 0.717) is 6.04 Å². The number of ether oxygens (including phenoxy) is 1. The summed E-state index contributed by atoms with van der Waals surface area (Å²) >= 11 is 5.45. The lowest BCUT2D eigenvalue weighted by Gasteiger charge is -2.15. The minimum absolute atomic E-state index is 0.345. The number of nitrogens with one attached hydrogen (secondary N) is 1. The van der Waals surface area contributed by atoms with Crippen molar-refractivity contribution in [3.8, 4) is 5.75 Å². The van der Waals surface area contributed by atoms with E-state index in [4.69, 9.17) is 4.74 Å². The van der Waals surface area contributed by atoms with Crippen molar-refractivity contribution >= 4 is 27.3 Å². The summed E-state index contributed by atoms with van der Waals surface area (Å²) in [4.78, 5) is 2.76. The van der Waals surface area contributed by atoms with Gasteiger partial charge in [0.1, 0.15) is 5.75 Å². The van der Waals surface area contributed by atoms with Crippen LogP contribution >= 0.6 is 27.3 Å². The largest absolute Gasteiger partial charge is 0.497 e. The van der Waals surface area contributed by atoms with Crippen LogP contribution in [0.3, 0.4) is 0 Å². The van der Waals surface area contributed by atoms with Crippen molar-refractivity contribution in [2.45, 2.75) is 33.4 Å². The molecule has 108 valence electrons. The highest BCUT2D eigenvalue weighted by atomic mass is 79.9. The zero-order valence-electron chi connectivity index (χ0n) is 12.3. The molecule has 1 unspecified atom stereocenters. The van der Waals surface area contributed by atoms with Crippen molar-refractivity contribution in [3.63, 3.8) is 0 Å². The molecule has 2 nitrogen and oxygen atoms in total. The lowest BCUT2D eigenvalue weighted by Crippen LogP contribution is -2.18. The van der Waals surface area contributed by atoms with E-state index in [2.05, 4.69) is 54.2 Å². The van der Waals surface area contributed by atoms with E-state index in [-0.39, 0.29) is 0 Å². The fourth-order valence-electron chi connectivity index (χ4n) is 2.27. The third-order valence-electron chi connectivity index (χ3n) is 3.40. The Bertz CT molecular complexity index is 594. The fraction of sp³-hybridized carbons (Fsp3) is 0.375. The molecule has 0 fully saturated rings. The maximum Gasteiger partial charge on any atom is 0.119 e. The molecule has 0 aliphatic rings. The summed E-state index contributed by atoms with van der Waals surface area (Å²) in [7, 11) is 1.70. The zero-order valence-corrected chi connectivity index (χ0v) is 14.7. The van der Waals surface area contributed by atoms with E-state index in [0.717, 1.165) is 16.8 Å². The molecule has 1 N–H and O–H groups in total. The Morgan fingerprint density at radius 3 is 2.65 bits per heavy atom. The minimum atomic E-state index is 0.345. The lowest BCUT2D eigenvalue weighted by atomic mass is 10.1. The van der Waals surface area contributed by atoms with Crippen LogP contribution < -0.4 is 10.1 Å². The highest BCUT2D eigenvalue weighted by Crippen LogP contribution is 2.27. The molecule has 0 spiro atoms. The minimum Gasteiger partial charge on any atom is -0.497 e. The Morgan fingerprint density at radius 1 is 1.30 bits per heavy atom. The number of halogens is 1. The van der Waals surface area contributed by atoms with Crippen LogP contribution in [0.15, 0.2) is 28.7 Å². The molecule has 20 heavy (non-hydrogen) atoms. The van der Waals surface area contributed by atoms with E-state index >= 15 is 0 Å². The van der Waals surface area contributed by atoms with Crippen molar-refractivity contribution in [2.24, 2.45) is 0 Å². The van der Waals surface area contributed by atoms with Crippen molar-refractivity contribution in [2.75, 3.05) is 7.11 Å². The lowest BCUT2D eigenvalue weighted by molar-refractivity contribution is 0.413. The molecule has 2 rings (SSSR count). The van der Waals surface area contributed by atoms with Crippen LogP contribution in [0, 0.1) is 13.8 Å². The summed E-state index contributed by atoms with van der Waals surface area (Å²) in [6.07, 6.45) is 0. The Kier molecular flexibility index (Phi) is 5.24. The van der Waals surface area contributed by atoms with E-state index in [1.54, 1.807) is 7.11 Å². The molecule has 0 radical (unpaired) electrons. The van der Waals surface area contributed by atoms with Gasteiger partial charge in [0.15, 0.2) is 0 Å². The Morgan fingerprint density at radius 2 is 2.05 bits per heavy atom. The van der Waals surface area contributed by atoms with Gasteiger partial charge in [-0.2, -0.15) is 0 Å². The molecule has 1 aromatic carbocycles. The van der Waals surface area contributed by atoms with Gasteiger partial charge in [0.25, 0.3) is 0 Å². The van der Waals surface area contributed by atoms with Crippen LogP contribution in [-0.2, 0) is 6.54 Å². The summed E-state index contributed by atoms with van der Waals surface area (Å²) in [6.45, 7) is 7.37. The van der Waals surface area contributed by atoms with Crippen LogP contribution in [-0.4, -0.2) is 7.11 Å². The van der Waals surface area contributed by atoms with Gasteiger partial charge < -0.3 is 10.1 Å². The van der Waals surface area contributed by atoms with Gasteiger partial charge in [-0.15, -0.1) is 11.3 Å². The van der Waals surface area contributed by atoms with Crippen LogP contribution in [0.2, 0.25) is 0 Å². The molecular formula is C16H20BrNOS. The first-order valence-corrected chi connectivity index (χ1v) is 8.25. The molecule has 2 aromatic rings. The number of hydrogen-bond donors (Lipinski definition) is 1. The molecular weight excluding hydrogens is 334 g/mol. The van der Waals surface area contributed by atoms with Crippen molar-refractivity contribution in [1.29, 1.82) is 0 Å². The Labute approximate surface area is 133 Å².